The fraction of sp³-hybridized carbons (Fsp3) is 0.300. The number of carbonyl (C=O) groups is 1. The molecule has 0 aliphatic carbocycles. The van der Waals surface area contributed by atoms with Crippen molar-refractivity contribution in [3.8, 4) is 11.4 Å². The van der Waals surface area contributed by atoms with Crippen molar-refractivity contribution in [1.29, 1.82) is 0 Å². The average Bonchev–Trinajstić information content (AvgIpc) is 2.71. The number of likely N-dealkylation sites (N-methyl/N-ethyl adjacent to an activating group) is 1. The van der Waals surface area contributed by atoms with Gasteiger partial charge in [-0.15, -0.1) is 0 Å². The SMILES string of the molecule is CN(C)C(=O)C(N)CSc1nc(N)nc(-c2c(Cl)cc3c4c(cccc24)COC3)n1. The van der Waals surface area contributed by atoms with E-state index >= 15 is 0 Å². The van der Waals surface area contributed by atoms with E-state index in [1.807, 2.05) is 24.3 Å². The molecule has 4 rings (SSSR count). The van der Waals surface area contributed by atoms with Gasteiger partial charge in [0.25, 0.3) is 0 Å². The number of thioether (sulfide) groups is 1. The summed E-state index contributed by atoms with van der Waals surface area (Å²) in [4.78, 5) is 26.5. The van der Waals surface area contributed by atoms with E-state index in [4.69, 9.17) is 27.8 Å². The van der Waals surface area contributed by atoms with Gasteiger partial charge in [0.05, 0.1) is 24.3 Å². The highest BCUT2D eigenvalue weighted by atomic mass is 35.5. The lowest BCUT2D eigenvalue weighted by Crippen LogP contribution is -2.41. The number of nitrogen functional groups attached to an aromatic ring is 1. The van der Waals surface area contributed by atoms with Crippen LogP contribution in [-0.2, 0) is 22.7 Å². The molecule has 0 saturated heterocycles. The van der Waals surface area contributed by atoms with Crippen molar-refractivity contribution >= 4 is 46.0 Å². The number of amides is 1. The van der Waals surface area contributed by atoms with Crippen LogP contribution in [0.3, 0.4) is 0 Å². The van der Waals surface area contributed by atoms with E-state index in [1.54, 1.807) is 14.1 Å². The van der Waals surface area contributed by atoms with Gasteiger partial charge in [-0.2, -0.15) is 9.97 Å². The molecular formula is C20H21ClN6O2S. The standard InChI is InChI=1S/C20H21ClN6O2S/c1-27(2)18(28)14(22)9-30-20-25-17(24-19(23)26-20)16-12-5-3-4-10-7-29-8-11(15(10)12)6-13(16)21/h3-6,14H,7-9,22H2,1-2H3,(H2,23,24,25,26). The van der Waals surface area contributed by atoms with Crippen LogP contribution in [0.1, 0.15) is 11.1 Å². The second-order valence-electron chi connectivity index (χ2n) is 7.17. The molecule has 3 aromatic rings. The van der Waals surface area contributed by atoms with Crippen molar-refractivity contribution in [3.63, 3.8) is 0 Å². The first-order valence-electron chi connectivity index (χ1n) is 9.27. The number of hydrogen-bond acceptors (Lipinski definition) is 8. The molecule has 1 amide bonds. The Balaban J connectivity index is 1.74. The summed E-state index contributed by atoms with van der Waals surface area (Å²) in [5.41, 5.74) is 14.7. The second-order valence-corrected chi connectivity index (χ2v) is 8.57. The molecule has 30 heavy (non-hydrogen) atoms. The number of carbonyl (C=O) groups excluding carboxylic acids is 1. The van der Waals surface area contributed by atoms with Gasteiger partial charge >= 0.3 is 0 Å². The first-order valence-corrected chi connectivity index (χ1v) is 10.6. The molecule has 0 fully saturated rings. The largest absolute Gasteiger partial charge is 0.372 e. The Hall–Kier alpha value is -2.46. The number of nitrogens with zero attached hydrogens (tertiary/aromatic N) is 4. The number of aromatic nitrogens is 3. The van der Waals surface area contributed by atoms with Crippen molar-refractivity contribution in [2.24, 2.45) is 5.73 Å². The van der Waals surface area contributed by atoms with Crippen molar-refractivity contribution in [2.75, 3.05) is 25.6 Å². The third-order valence-corrected chi connectivity index (χ3v) is 6.07. The quantitative estimate of drug-likeness (QED) is 0.576. The zero-order valence-electron chi connectivity index (χ0n) is 16.6. The lowest BCUT2D eigenvalue weighted by Gasteiger charge is -2.20. The zero-order valence-corrected chi connectivity index (χ0v) is 18.1. The summed E-state index contributed by atoms with van der Waals surface area (Å²) >= 11 is 7.89. The lowest BCUT2D eigenvalue weighted by molar-refractivity contribution is -0.129. The molecule has 1 atom stereocenters. The fourth-order valence-electron chi connectivity index (χ4n) is 3.46. The summed E-state index contributed by atoms with van der Waals surface area (Å²) in [6, 6.07) is 7.21. The van der Waals surface area contributed by atoms with Crippen LogP contribution in [-0.4, -0.2) is 51.6 Å². The van der Waals surface area contributed by atoms with Gasteiger partial charge < -0.3 is 21.1 Å². The number of nitrogens with two attached hydrogens (primary N) is 2. The minimum Gasteiger partial charge on any atom is -0.372 e. The lowest BCUT2D eigenvalue weighted by atomic mass is 9.94. The van der Waals surface area contributed by atoms with Crippen molar-refractivity contribution < 1.29 is 9.53 Å². The third kappa shape index (κ3) is 3.93. The molecule has 4 N–H and O–H groups in total. The maximum Gasteiger partial charge on any atom is 0.239 e. The molecule has 1 aliphatic rings. The molecule has 156 valence electrons. The summed E-state index contributed by atoms with van der Waals surface area (Å²) in [6.45, 7) is 1.05. The van der Waals surface area contributed by atoms with E-state index in [2.05, 4.69) is 15.0 Å². The highest BCUT2D eigenvalue weighted by molar-refractivity contribution is 7.99. The van der Waals surface area contributed by atoms with Crippen molar-refractivity contribution in [1.82, 2.24) is 19.9 Å². The topological polar surface area (TPSA) is 120 Å². The van der Waals surface area contributed by atoms with Crippen LogP contribution in [0.5, 0.6) is 0 Å². The Labute approximate surface area is 183 Å². The monoisotopic (exact) mass is 444 g/mol. The van der Waals surface area contributed by atoms with Gasteiger partial charge in [-0.25, -0.2) is 4.98 Å². The Morgan fingerprint density at radius 1 is 1.27 bits per heavy atom. The van der Waals surface area contributed by atoms with Crippen LogP contribution >= 0.6 is 23.4 Å². The van der Waals surface area contributed by atoms with Gasteiger partial charge in [-0.05, 0) is 28.0 Å². The number of hydrogen-bond donors (Lipinski definition) is 2. The molecular weight excluding hydrogens is 424 g/mol. The molecule has 0 radical (unpaired) electrons. The average molecular weight is 445 g/mol. The smallest absolute Gasteiger partial charge is 0.239 e. The van der Waals surface area contributed by atoms with E-state index < -0.39 is 6.04 Å². The molecule has 8 nitrogen and oxygen atoms in total. The van der Waals surface area contributed by atoms with Gasteiger partial charge in [-0.3, -0.25) is 4.79 Å². The van der Waals surface area contributed by atoms with Gasteiger partial charge in [0.15, 0.2) is 11.0 Å². The van der Waals surface area contributed by atoms with Crippen LogP contribution in [0.2, 0.25) is 5.02 Å². The molecule has 2 aromatic carbocycles. The molecule has 0 bridgehead atoms. The Bertz CT molecular complexity index is 1140. The fourth-order valence-corrected chi connectivity index (χ4v) is 4.56. The van der Waals surface area contributed by atoms with Gasteiger partial charge in [-0.1, -0.05) is 41.6 Å². The minimum absolute atomic E-state index is 0.0786. The normalized spacial score (nSPS) is 14.0. The maximum absolute atomic E-state index is 12.0. The molecule has 0 spiro atoms. The van der Waals surface area contributed by atoms with Gasteiger partial charge in [0.2, 0.25) is 11.9 Å². The van der Waals surface area contributed by atoms with E-state index in [9.17, 15) is 4.79 Å². The van der Waals surface area contributed by atoms with Gasteiger partial charge in [0, 0.05) is 25.4 Å². The number of rotatable bonds is 5. The van der Waals surface area contributed by atoms with Crippen molar-refractivity contribution in [3.05, 3.63) is 40.4 Å². The van der Waals surface area contributed by atoms with E-state index in [0.29, 0.717) is 40.5 Å². The maximum atomic E-state index is 12.0. The molecule has 1 aliphatic heterocycles. The summed E-state index contributed by atoms with van der Waals surface area (Å²) in [7, 11) is 3.33. The van der Waals surface area contributed by atoms with Crippen LogP contribution in [0.15, 0.2) is 29.4 Å². The number of ether oxygens (including phenoxy) is 1. The van der Waals surface area contributed by atoms with Gasteiger partial charge in [0.1, 0.15) is 0 Å². The number of halogens is 1. The minimum atomic E-state index is -0.671. The predicted octanol–water partition coefficient (Wildman–Crippen LogP) is 2.47. The van der Waals surface area contributed by atoms with Crippen LogP contribution in [0, 0.1) is 0 Å². The van der Waals surface area contributed by atoms with Crippen LogP contribution in [0.4, 0.5) is 5.95 Å². The zero-order chi connectivity index (χ0) is 21.4. The number of anilines is 1. The Kier molecular flexibility index (Phi) is 5.79. The molecule has 0 saturated carbocycles. The van der Waals surface area contributed by atoms with Crippen LogP contribution in [0.25, 0.3) is 22.2 Å². The summed E-state index contributed by atoms with van der Waals surface area (Å²) in [5, 5.41) is 2.95. The van der Waals surface area contributed by atoms with E-state index in [1.165, 1.54) is 16.7 Å². The van der Waals surface area contributed by atoms with E-state index in [-0.39, 0.29) is 11.9 Å². The highest BCUT2D eigenvalue weighted by Crippen LogP contribution is 2.39. The summed E-state index contributed by atoms with van der Waals surface area (Å²) in [6.07, 6.45) is 0. The third-order valence-electron chi connectivity index (χ3n) is 4.80. The Morgan fingerprint density at radius 3 is 2.80 bits per heavy atom. The Morgan fingerprint density at radius 2 is 2.03 bits per heavy atom. The molecule has 1 aromatic heterocycles. The molecule has 2 heterocycles. The molecule has 1 unspecified atom stereocenters. The summed E-state index contributed by atoms with van der Waals surface area (Å²) in [5.74, 6) is 0.612. The molecule has 10 heteroatoms. The number of benzene rings is 2. The first-order chi connectivity index (χ1) is 14.3. The summed E-state index contributed by atoms with van der Waals surface area (Å²) < 4.78 is 5.65. The van der Waals surface area contributed by atoms with E-state index in [0.717, 1.165) is 21.9 Å². The second kappa shape index (κ2) is 8.35. The first kappa shape index (κ1) is 20.8. The van der Waals surface area contributed by atoms with Crippen LogP contribution < -0.4 is 11.5 Å². The highest BCUT2D eigenvalue weighted by Gasteiger charge is 2.22. The van der Waals surface area contributed by atoms with Crippen molar-refractivity contribution in [2.45, 2.75) is 24.4 Å². The predicted molar refractivity (Wildman–Crippen MR) is 118 cm³/mol.